The molecule has 35 heavy (non-hydrogen) atoms. The third kappa shape index (κ3) is 4.22. The standard InChI is InChI=1S/C26H33N5O3S/c1-13-11-21(28-14(2)15-3-4-15)27-12-18(13)23-22(26(34)31-16-5-6-17(31)8-7-16)30-25(35-23)24(33)29-19-9-10-20(19)32/h11-12,14-17,19-20,32H,3-10H2,1-2H3,(H,27,28)(H,29,33)/t14-,16?,17?,19+,20+/m1/s1. The van der Waals surface area contributed by atoms with E-state index < -0.39 is 6.10 Å². The van der Waals surface area contributed by atoms with Crippen LogP contribution in [0.15, 0.2) is 12.3 Å². The summed E-state index contributed by atoms with van der Waals surface area (Å²) in [6, 6.07) is 2.71. The number of nitrogens with zero attached hydrogens (tertiary/aromatic N) is 3. The summed E-state index contributed by atoms with van der Waals surface area (Å²) in [4.78, 5) is 38.7. The van der Waals surface area contributed by atoms with Crippen molar-refractivity contribution in [2.45, 2.75) is 95.5 Å². The van der Waals surface area contributed by atoms with Crippen LogP contribution >= 0.6 is 11.3 Å². The molecule has 8 nitrogen and oxygen atoms in total. The number of hydrogen-bond donors (Lipinski definition) is 3. The van der Waals surface area contributed by atoms with Crippen LogP contribution in [0.4, 0.5) is 5.82 Å². The molecule has 4 heterocycles. The molecule has 6 rings (SSSR count). The molecule has 186 valence electrons. The number of pyridine rings is 1. The van der Waals surface area contributed by atoms with Gasteiger partial charge in [0.25, 0.3) is 11.8 Å². The second kappa shape index (κ2) is 8.85. The molecular formula is C26H33N5O3S. The van der Waals surface area contributed by atoms with Gasteiger partial charge in [-0.1, -0.05) is 0 Å². The van der Waals surface area contributed by atoms with Gasteiger partial charge in [0.1, 0.15) is 11.5 Å². The van der Waals surface area contributed by atoms with Crippen molar-refractivity contribution in [3.63, 3.8) is 0 Å². The van der Waals surface area contributed by atoms with Crippen LogP contribution < -0.4 is 10.6 Å². The highest BCUT2D eigenvalue weighted by Gasteiger charge is 2.44. The smallest absolute Gasteiger partial charge is 0.280 e. The third-order valence-electron chi connectivity index (χ3n) is 8.33. The highest BCUT2D eigenvalue weighted by molar-refractivity contribution is 7.17. The molecule has 2 aromatic heterocycles. The van der Waals surface area contributed by atoms with E-state index in [9.17, 15) is 14.7 Å². The minimum Gasteiger partial charge on any atom is -0.391 e. The first-order valence-corrected chi connectivity index (χ1v) is 13.8. The number of anilines is 1. The molecule has 3 atom stereocenters. The lowest BCUT2D eigenvalue weighted by molar-refractivity contribution is 0.0447. The molecule has 0 aromatic carbocycles. The van der Waals surface area contributed by atoms with Gasteiger partial charge in [0.05, 0.1) is 17.0 Å². The first-order valence-electron chi connectivity index (χ1n) is 12.9. The molecule has 4 aliphatic rings. The summed E-state index contributed by atoms with van der Waals surface area (Å²) >= 11 is 1.24. The molecule has 2 aliphatic carbocycles. The van der Waals surface area contributed by atoms with Crippen LogP contribution in [0.3, 0.4) is 0 Å². The molecule has 9 heteroatoms. The highest BCUT2D eigenvalue weighted by atomic mass is 32.1. The van der Waals surface area contributed by atoms with Crippen molar-refractivity contribution in [3.05, 3.63) is 28.5 Å². The van der Waals surface area contributed by atoms with E-state index in [2.05, 4.69) is 27.5 Å². The predicted molar refractivity (Wildman–Crippen MR) is 135 cm³/mol. The number of carbonyl (C=O) groups excluding carboxylic acids is 2. The molecule has 2 bridgehead atoms. The minimum absolute atomic E-state index is 0.0760. The van der Waals surface area contributed by atoms with Crippen LogP contribution in [-0.4, -0.2) is 62.1 Å². The number of fused-ring (bicyclic) bond motifs is 2. The summed E-state index contributed by atoms with van der Waals surface area (Å²) in [7, 11) is 0. The summed E-state index contributed by atoms with van der Waals surface area (Å²) in [5.41, 5.74) is 2.18. The highest BCUT2D eigenvalue weighted by Crippen LogP contribution is 2.41. The summed E-state index contributed by atoms with van der Waals surface area (Å²) < 4.78 is 0. The van der Waals surface area contributed by atoms with Crippen molar-refractivity contribution in [1.82, 2.24) is 20.2 Å². The monoisotopic (exact) mass is 495 g/mol. The summed E-state index contributed by atoms with van der Waals surface area (Å²) in [6.07, 6.45) is 9.45. The Labute approximate surface area is 209 Å². The Bertz CT molecular complexity index is 1140. The van der Waals surface area contributed by atoms with Gasteiger partial charge in [-0.15, -0.1) is 11.3 Å². The van der Waals surface area contributed by atoms with E-state index in [1.807, 2.05) is 17.9 Å². The molecule has 4 fully saturated rings. The van der Waals surface area contributed by atoms with E-state index in [-0.39, 0.29) is 34.9 Å². The molecule has 2 aromatic rings. The van der Waals surface area contributed by atoms with Crippen LogP contribution in [-0.2, 0) is 0 Å². The average molecular weight is 496 g/mol. The second-order valence-electron chi connectivity index (χ2n) is 10.8. The van der Waals surface area contributed by atoms with Gasteiger partial charge in [-0.2, -0.15) is 0 Å². The maximum atomic E-state index is 13.8. The van der Waals surface area contributed by atoms with Crippen molar-refractivity contribution >= 4 is 29.0 Å². The van der Waals surface area contributed by atoms with E-state index in [0.717, 1.165) is 49.0 Å². The summed E-state index contributed by atoms with van der Waals surface area (Å²) in [5, 5.41) is 16.5. The van der Waals surface area contributed by atoms with Gasteiger partial charge in [0.2, 0.25) is 0 Å². The Kier molecular flexibility index (Phi) is 5.79. The zero-order chi connectivity index (χ0) is 24.3. The zero-order valence-electron chi connectivity index (χ0n) is 20.3. The number of hydrogen-bond acceptors (Lipinski definition) is 7. The number of aliphatic hydroxyl groups is 1. The molecular weight excluding hydrogens is 462 g/mol. The number of rotatable bonds is 7. The topological polar surface area (TPSA) is 107 Å². The fourth-order valence-corrected chi connectivity index (χ4v) is 6.85. The number of thiazole rings is 1. The lowest BCUT2D eigenvalue weighted by Crippen LogP contribution is -2.50. The van der Waals surface area contributed by atoms with Crippen LogP contribution in [0, 0.1) is 12.8 Å². The number of aliphatic hydroxyl groups excluding tert-OH is 1. The largest absolute Gasteiger partial charge is 0.391 e. The van der Waals surface area contributed by atoms with E-state index in [4.69, 9.17) is 0 Å². The maximum Gasteiger partial charge on any atom is 0.280 e. The van der Waals surface area contributed by atoms with Gasteiger partial charge in [-0.3, -0.25) is 9.59 Å². The molecule has 2 saturated heterocycles. The Morgan fingerprint density at radius 1 is 1.11 bits per heavy atom. The van der Waals surface area contributed by atoms with Crippen LogP contribution in [0.1, 0.15) is 84.1 Å². The predicted octanol–water partition coefficient (Wildman–Crippen LogP) is 3.74. The van der Waals surface area contributed by atoms with E-state index in [1.165, 1.54) is 24.2 Å². The lowest BCUT2D eigenvalue weighted by atomic mass is 9.89. The maximum absolute atomic E-state index is 13.8. The normalized spacial score (nSPS) is 28.0. The van der Waals surface area contributed by atoms with Crippen molar-refractivity contribution < 1.29 is 14.7 Å². The third-order valence-corrected chi connectivity index (χ3v) is 9.41. The minimum atomic E-state index is -0.510. The molecule has 0 spiro atoms. The van der Waals surface area contributed by atoms with Gasteiger partial charge in [0, 0.05) is 29.9 Å². The van der Waals surface area contributed by atoms with Gasteiger partial charge in [-0.05, 0) is 82.8 Å². The fraction of sp³-hybridized carbons (Fsp3) is 0.615. The first kappa shape index (κ1) is 22.9. The van der Waals surface area contributed by atoms with Crippen molar-refractivity contribution in [2.24, 2.45) is 5.92 Å². The Morgan fingerprint density at radius 2 is 1.83 bits per heavy atom. The number of aromatic nitrogens is 2. The number of aryl methyl sites for hydroxylation is 1. The molecule has 3 N–H and O–H groups in total. The van der Waals surface area contributed by atoms with Gasteiger partial charge >= 0.3 is 0 Å². The van der Waals surface area contributed by atoms with Crippen LogP contribution in [0.25, 0.3) is 10.4 Å². The first-order chi connectivity index (χ1) is 16.9. The van der Waals surface area contributed by atoms with E-state index in [1.54, 1.807) is 6.20 Å². The fourth-order valence-electron chi connectivity index (χ4n) is 5.81. The Morgan fingerprint density at radius 3 is 2.40 bits per heavy atom. The van der Waals surface area contributed by atoms with Crippen molar-refractivity contribution in [2.75, 3.05) is 5.32 Å². The second-order valence-corrected chi connectivity index (χ2v) is 11.8. The van der Waals surface area contributed by atoms with Gasteiger partial charge in [-0.25, -0.2) is 9.97 Å². The Hall–Kier alpha value is -2.52. The summed E-state index contributed by atoms with van der Waals surface area (Å²) in [6.45, 7) is 4.21. The summed E-state index contributed by atoms with van der Waals surface area (Å²) in [5.74, 6) is 1.14. The molecule has 0 radical (unpaired) electrons. The number of carbonyl (C=O) groups is 2. The van der Waals surface area contributed by atoms with Crippen LogP contribution in [0.5, 0.6) is 0 Å². The average Bonchev–Trinajstić information content (AvgIpc) is 3.31. The lowest BCUT2D eigenvalue weighted by Gasteiger charge is -2.32. The van der Waals surface area contributed by atoms with Gasteiger partial charge in [0.15, 0.2) is 5.01 Å². The van der Waals surface area contributed by atoms with Crippen LogP contribution in [0.2, 0.25) is 0 Å². The number of nitrogens with one attached hydrogen (secondary N) is 2. The molecule has 0 unspecified atom stereocenters. The number of amides is 2. The van der Waals surface area contributed by atoms with Crippen molar-refractivity contribution in [1.29, 1.82) is 0 Å². The molecule has 2 saturated carbocycles. The molecule has 2 aliphatic heterocycles. The zero-order valence-corrected chi connectivity index (χ0v) is 21.1. The Balaban J connectivity index is 1.32. The molecule has 2 amide bonds. The van der Waals surface area contributed by atoms with Gasteiger partial charge < -0.3 is 20.6 Å². The van der Waals surface area contributed by atoms with Crippen molar-refractivity contribution in [3.8, 4) is 10.4 Å². The van der Waals surface area contributed by atoms with E-state index in [0.29, 0.717) is 29.0 Å². The quantitative estimate of drug-likeness (QED) is 0.540. The van der Waals surface area contributed by atoms with E-state index >= 15 is 0 Å². The SMILES string of the molecule is Cc1cc(N[C@H](C)C2CC2)ncc1-c1sc(C(=O)N[C@H]2CC[C@@H]2O)nc1C(=O)N1C2CCC1CC2.